The van der Waals surface area contributed by atoms with Crippen molar-refractivity contribution >= 4 is 25.3 Å². The quantitative estimate of drug-likeness (QED) is 0.607. The Morgan fingerprint density at radius 2 is 1.06 bits per heavy atom. The van der Waals surface area contributed by atoms with Crippen molar-refractivity contribution in [2.24, 2.45) is 0 Å². The van der Waals surface area contributed by atoms with Gasteiger partial charge in [0, 0.05) is 9.79 Å². The summed E-state index contributed by atoms with van der Waals surface area (Å²) in [6.45, 7) is 13.3. The van der Waals surface area contributed by atoms with E-state index in [4.69, 9.17) is 12.6 Å². The minimum absolute atomic E-state index is 0.107. The van der Waals surface area contributed by atoms with Gasteiger partial charge < -0.3 is 0 Å². The second-order valence-electron chi connectivity index (χ2n) is 6.39. The third-order valence-corrected chi connectivity index (χ3v) is 3.45. The van der Waals surface area contributed by atoms with E-state index in [-0.39, 0.29) is 10.8 Å². The first-order valence-corrected chi connectivity index (χ1v) is 6.50. The van der Waals surface area contributed by atoms with Gasteiger partial charge in [-0.2, -0.15) is 0 Å². The summed E-state index contributed by atoms with van der Waals surface area (Å²) in [6.07, 6.45) is 0. The molecular weight excluding hydrogens is 232 g/mol. The molecule has 0 unspecified atom stereocenters. The molecule has 1 rings (SSSR count). The lowest BCUT2D eigenvalue weighted by Gasteiger charge is -2.28. The van der Waals surface area contributed by atoms with E-state index >= 15 is 0 Å². The van der Waals surface area contributed by atoms with Crippen LogP contribution in [0.25, 0.3) is 0 Å². The van der Waals surface area contributed by atoms with Crippen LogP contribution >= 0.6 is 25.3 Å². The molecule has 0 nitrogen and oxygen atoms in total. The van der Waals surface area contributed by atoms with Gasteiger partial charge in [0.25, 0.3) is 0 Å². The van der Waals surface area contributed by atoms with Gasteiger partial charge in [-0.3, -0.25) is 0 Å². The lowest BCUT2D eigenvalue weighted by Crippen LogP contribution is -2.18. The van der Waals surface area contributed by atoms with Crippen LogP contribution in [0.2, 0.25) is 0 Å². The van der Waals surface area contributed by atoms with Crippen LogP contribution in [0.1, 0.15) is 52.7 Å². The SMILES string of the molecule is CC(C)(C)c1cc(S)cc(C(C)(C)C)c1S. The molecule has 0 bridgehead atoms. The lowest BCUT2D eigenvalue weighted by molar-refractivity contribution is 0.544. The fourth-order valence-electron chi connectivity index (χ4n) is 1.76. The van der Waals surface area contributed by atoms with Crippen molar-refractivity contribution in [1.82, 2.24) is 0 Å². The highest BCUT2D eigenvalue weighted by Gasteiger charge is 2.24. The van der Waals surface area contributed by atoms with E-state index in [1.54, 1.807) is 0 Å². The summed E-state index contributed by atoms with van der Waals surface area (Å²) in [5.41, 5.74) is 2.76. The van der Waals surface area contributed by atoms with Crippen molar-refractivity contribution in [3.8, 4) is 0 Å². The van der Waals surface area contributed by atoms with E-state index < -0.39 is 0 Å². The van der Waals surface area contributed by atoms with E-state index in [2.05, 4.69) is 66.3 Å². The van der Waals surface area contributed by atoms with Gasteiger partial charge in [-0.25, -0.2) is 0 Å². The van der Waals surface area contributed by atoms with Gasteiger partial charge in [-0.15, -0.1) is 25.3 Å². The maximum atomic E-state index is 4.71. The van der Waals surface area contributed by atoms with Gasteiger partial charge in [0.2, 0.25) is 0 Å². The van der Waals surface area contributed by atoms with Crippen LogP contribution in [0.15, 0.2) is 21.9 Å². The van der Waals surface area contributed by atoms with Gasteiger partial charge in [0.1, 0.15) is 0 Å². The molecule has 0 aliphatic carbocycles. The van der Waals surface area contributed by atoms with Crippen LogP contribution in [0.5, 0.6) is 0 Å². The third kappa shape index (κ3) is 2.98. The molecule has 0 saturated carbocycles. The first kappa shape index (κ1) is 14.0. The van der Waals surface area contributed by atoms with Gasteiger partial charge in [0.15, 0.2) is 0 Å². The first-order valence-electron chi connectivity index (χ1n) is 5.60. The summed E-state index contributed by atoms with van der Waals surface area (Å²) in [5.74, 6) is 0. The van der Waals surface area contributed by atoms with Crippen LogP contribution in [-0.4, -0.2) is 0 Å². The lowest BCUT2D eigenvalue weighted by atomic mass is 9.80. The summed E-state index contributed by atoms with van der Waals surface area (Å²) in [6, 6.07) is 4.25. The Kier molecular flexibility index (Phi) is 3.76. The molecule has 1 aromatic rings. The zero-order valence-electron chi connectivity index (χ0n) is 11.0. The molecule has 0 amide bonds. The fourth-order valence-corrected chi connectivity index (χ4v) is 2.82. The number of benzene rings is 1. The molecule has 0 saturated heterocycles. The van der Waals surface area contributed by atoms with Crippen LogP contribution in [0.3, 0.4) is 0 Å². The number of rotatable bonds is 0. The third-order valence-electron chi connectivity index (χ3n) is 2.71. The number of hydrogen-bond acceptors (Lipinski definition) is 2. The maximum Gasteiger partial charge on any atom is 0.0116 e. The molecule has 16 heavy (non-hydrogen) atoms. The average Bonchev–Trinajstić information content (AvgIpc) is 2.04. The van der Waals surface area contributed by atoms with Crippen LogP contribution in [0.4, 0.5) is 0 Å². The molecule has 90 valence electrons. The molecule has 1 aromatic carbocycles. The Hall–Kier alpha value is -0.0800. The summed E-state index contributed by atoms with van der Waals surface area (Å²) >= 11 is 9.21. The highest BCUT2D eigenvalue weighted by molar-refractivity contribution is 7.80. The van der Waals surface area contributed by atoms with Crippen molar-refractivity contribution in [2.75, 3.05) is 0 Å². The number of thiol groups is 2. The van der Waals surface area contributed by atoms with Gasteiger partial charge in [0.05, 0.1) is 0 Å². The Morgan fingerprint density at radius 3 is 1.31 bits per heavy atom. The Balaban J connectivity index is 3.51. The fraction of sp³-hybridized carbons (Fsp3) is 0.571. The second kappa shape index (κ2) is 4.30. The monoisotopic (exact) mass is 254 g/mol. The summed E-state index contributed by atoms with van der Waals surface area (Å²) < 4.78 is 0. The topological polar surface area (TPSA) is 0 Å². The second-order valence-corrected chi connectivity index (χ2v) is 7.35. The molecule has 2 heteroatoms. The van der Waals surface area contributed by atoms with E-state index in [0.717, 1.165) is 9.79 Å². The maximum absolute atomic E-state index is 4.71. The molecule has 0 spiro atoms. The Morgan fingerprint density at radius 1 is 0.750 bits per heavy atom. The normalized spacial score (nSPS) is 13.0. The molecule has 0 fully saturated rings. The van der Waals surface area contributed by atoms with Crippen molar-refractivity contribution in [3.05, 3.63) is 23.3 Å². The largest absolute Gasteiger partial charge is 0.143 e. The average molecular weight is 254 g/mol. The number of hydrogen-bond donors (Lipinski definition) is 2. The van der Waals surface area contributed by atoms with Crippen molar-refractivity contribution < 1.29 is 0 Å². The smallest absolute Gasteiger partial charge is 0.0116 e. The Labute approximate surface area is 111 Å². The standard InChI is InChI=1S/C14H22S2/c1-13(2,3)10-7-9(15)8-11(12(10)16)14(4,5)6/h7-8,15-16H,1-6H3. The predicted octanol–water partition coefficient (Wildman–Crippen LogP) is 4.86. The molecule has 0 N–H and O–H groups in total. The van der Waals surface area contributed by atoms with E-state index in [1.807, 2.05) is 0 Å². The van der Waals surface area contributed by atoms with E-state index in [9.17, 15) is 0 Å². The molecular formula is C14H22S2. The Bertz CT molecular complexity index is 357. The molecule has 0 atom stereocenters. The molecule has 0 aliphatic heterocycles. The minimum Gasteiger partial charge on any atom is -0.143 e. The summed E-state index contributed by atoms with van der Waals surface area (Å²) in [4.78, 5) is 2.13. The van der Waals surface area contributed by atoms with Gasteiger partial charge in [-0.05, 0) is 34.1 Å². The minimum atomic E-state index is 0.107. The van der Waals surface area contributed by atoms with Crippen LogP contribution in [-0.2, 0) is 10.8 Å². The molecule has 0 aliphatic rings. The first-order chi connectivity index (χ1) is 7.03. The van der Waals surface area contributed by atoms with Gasteiger partial charge in [-0.1, -0.05) is 41.5 Å². The molecule has 0 heterocycles. The molecule has 0 radical (unpaired) electrons. The van der Waals surface area contributed by atoms with E-state index in [0.29, 0.717) is 0 Å². The van der Waals surface area contributed by atoms with Crippen molar-refractivity contribution in [1.29, 1.82) is 0 Å². The summed E-state index contributed by atoms with van der Waals surface area (Å²) in [7, 11) is 0. The summed E-state index contributed by atoms with van der Waals surface area (Å²) in [5, 5.41) is 0. The predicted molar refractivity (Wildman–Crippen MR) is 78.3 cm³/mol. The molecule has 0 aromatic heterocycles. The van der Waals surface area contributed by atoms with Crippen LogP contribution < -0.4 is 0 Å². The zero-order chi connectivity index (χ0) is 12.7. The van der Waals surface area contributed by atoms with Crippen molar-refractivity contribution in [3.63, 3.8) is 0 Å². The highest BCUT2D eigenvalue weighted by atomic mass is 32.1. The van der Waals surface area contributed by atoms with Crippen LogP contribution in [0, 0.1) is 0 Å². The van der Waals surface area contributed by atoms with Crippen molar-refractivity contribution in [2.45, 2.75) is 62.2 Å². The highest BCUT2D eigenvalue weighted by Crippen LogP contribution is 2.37. The van der Waals surface area contributed by atoms with Gasteiger partial charge >= 0.3 is 0 Å². The zero-order valence-corrected chi connectivity index (χ0v) is 12.8. The van der Waals surface area contributed by atoms with E-state index in [1.165, 1.54) is 11.1 Å².